The van der Waals surface area contributed by atoms with Gasteiger partial charge in [-0.15, -0.1) is 0 Å². The van der Waals surface area contributed by atoms with E-state index < -0.39 is 5.54 Å². The molecule has 0 aromatic carbocycles. The highest BCUT2D eigenvalue weighted by atomic mass is 16.3. The average molecular weight is 336 g/mol. The number of rotatable bonds is 6. The molecule has 0 saturated heterocycles. The van der Waals surface area contributed by atoms with Crippen molar-refractivity contribution < 1.29 is 9.90 Å². The highest BCUT2D eigenvalue weighted by Crippen LogP contribution is 2.32. The first kappa shape index (κ1) is 18.8. The molecule has 3 N–H and O–H groups in total. The van der Waals surface area contributed by atoms with Gasteiger partial charge in [-0.3, -0.25) is 0 Å². The molecule has 2 rings (SSSR count). The summed E-state index contributed by atoms with van der Waals surface area (Å²) in [4.78, 5) is 17.0. The Morgan fingerprint density at radius 1 is 1.42 bits per heavy atom. The molecule has 6 heteroatoms. The molecule has 136 valence electrons. The van der Waals surface area contributed by atoms with E-state index in [1.165, 1.54) is 19.3 Å². The van der Waals surface area contributed by atoms with Crippen LogP contribution in [-0.4, -0.2) is 32.8 Å². The monoisotopic (exact) mass is 336 g/mol. The van der Waals surface area contributed by atoms with Crippen LogP contribution in [0.1, 0.15) is 64.7 Å². The fraction of sp³-hybridized carbons (Fsp3) is 0.778. The van der Waals surface area contributed by atoms with Gasteiger partial charge in [0, 0.05) is 19.4 Å². The van der Waals surface area contributed by atoms with Crippen molar-refractivity contribution in [1.82, 2.24) is 20.2 Å². The van der Waals surface area contributed by atoms with Crippen molar-refractivity contribution >= 4 is 6.03 Å². The number of nitrogens with one attached hydrogen (secondary N) is 2. The van der Waals surface area contributed by atoms with Gasteiger partial charge in [0.2, 0.25) is 0 Å². The second-order valence-corrected chi connectivity index (χ2v) is 7.63. The number of aliphatic hydroxyl groups excluding tert-OH is 1. The summed E-state index contributed by atoms with van der Waals surface area (Å²) in [7, 11) is 1.93. The van der Waals surface area contributed by atoms with E-state index >= 15 is 0 Å². The molecule has 24 heavy (non-hydrogen) atoms. The fourth-order valence-corrected chi connectivity index (χ4v) is 3.65. The Hall–Kier alpha value is -1.56. The summed E-state index contributed by atoms with van der Waals surface area (Å²) in [6.45, 7) is 6.03. The van der Waals surface area contributed by atoms with E-state index in [4.69, 9.17) is 0 Å². The first-order valence-electron chi connectivity index (χ1n) is 9.04. The number of aliphatic hydroxyl groups is 1. The third kappa shape index (κ3) is 4.29. The summed E-state index contributed by atoms with van der Waals surface area (Å²) < 4.78 is 1.93. The number of amides is 2. The lowest BCUT2D eigenvalue weighted by Gasteiger charge is -2.39. The Balaban J connectivity index is 2.05. The number of hydrogen-bond donors (Lipinski definition) is 3. The number of aryl methyl sites for hydroxylation is 1. The summed E-state index contributed by atoms with van der Waals surface area (Å²) >= 11 is 0. The molecule has 2 amide bonds. The van der Waals surface area contributed by atoms with Crippen LogP contribution in [0.25, 0.3) is 0 Å². The van der Waals surface area contributed by atoms with Gasteiger partial charge in [0.15, 0.2) is 0 Å². The van der Waals surface area contributed by atoms with Gasteiger partial charge in [0.1, 0.15) is 5.82 Å². The Labute approximate surface area is 145 Å². The third-order valence-electron chi connectivity index (χ3n) is 5.32. The minimum Gasteiger partial charge on any atom is -0.394 e. The zero-order chi connectivity index (χ0) is 17.7. The van der Waals surface area contributed by atoms with Gasteiger partial charge < -0.3 is 20.3 Å². The molecule has 0 spiro atoms. The molecular weight excluding hydrogens is 304 g/mol. The van der Waals surface area contributed by atoms with Crippen LogP contribution in [0.4, 0.5) is 4.79 Å². The third-order valence-corrected chi connectivity index (χ3v) is 5.32. The SMILES string of the molecule is CC(C)[C@H](NC(=O)N[C@@](C)(CO)C1CCCCC1)c1nccn1C. The predicted octanol–water partition coefficient (Wildman–Crippen LogP) is 2.75. The molecule has 1 heterocycles. The van der Waals surface area contributed by atoms with Crippen molar-refractivity contribution in [3.8, 4) is 0 Å². The second kappa shape index (κ2) is 8.01. The van der Waals surface area contributed by atoms with Crippen molar-refractivity contribution in [2.24, 2.45) is 18.9 Å². The van der Waals surface area contributed by atoms with Gasteiger partial charge in [-0.1, -0.05) is 33.1 Å². The van der Waals surface area contributed by atoms with Gasteiger partial charge in [0.05, 0.1) is 18.2 Å². The normalized spacial score (nSPS) is 19.8. The summed E-state index contributed by atoms with van der Waals surface area (Å²) in [5.74, 6) is 1.38. The van der Waals surface area contributed by atoms with Crippen molar-refractivity contribution in [3.05, 3.63) is 18.2 Å². The Kier molecular flexibility index (Phi) is 6.27. The molecule has 2 atom stereocenters. The first-order chi connectivity index (χ1) is 11.4. The lowest BCUT2D eigenvalue weighted by molar-refractivity contribution is 0.1000. The molecule has 1 aromatic rings. The molecule has 1 aliphatic carbocycles. The predicted molar refractivity (Wildman–Crippen MR) is 94.5 cm³/mol. The summed E-state index contributed by atoms with van der Waals surface area (Å²) in [5.41, 5.74) is -0.576. The maximum Gasteiger partial charge on any atom is 0.315 e. The quantitative estimate of drug-likeness (QED) is 0.747. The summed E-state index contributed by atoms with van der Waals surface area (Å²) in [6.07, 6.45) is 9.33. The van der Waals surface area contributed by atoms with Gasteiger partial charge in [-0.2, -0.15) is 0 Å². The summed E-state index contributed by atoms with van der Waals surface area (Å²) in [6, 6.07) is -0.405. The molecule has 1 aromatic heterocycles. The number of aromatic nitrogens is 2. The van der Waals surface area contributed by atoms with E-state index in [2.05, 4.69) is 29.5 Å². The number of carbonyl (C=O) groups excluding carboxylic acids is 1. The number of hydrogen-bond acceptors (Lipinski definition) is 3. The number of nitrogens with zero attached hydrogens (tertiary/aromatic N) is 2. The molecule has 1 fully saturated rings. The molecule has 0 bridgehead atoms. The van der Waals surface area contributed by atoms with Crippen LogP contribution in [0.2, 0.25) is 0 Å². The lowest BCUT2D eigenvalue weighted by atomic mass is 9.76. The van der Waals surface area contributed by atoms with E-state index in [1.807, 2.05) is 24.7 Å². The largest absolute Gasteiger partial charge is 0.394 e. The molecule has 0 aliphatic heterocycles. The van der Waals surface area contributed by atoms with E-state index in [9.17, 15) is 9.90 Å². The maximum absolute atomic E-state index is 12.6. The highest BCUT2D eigenvalue weighted by molar-refractivity contribution is 5.75. The molecular formula is C18H32N4O2. The van der Waals surface area contributed by atoms with Crippen LogP contribution >= 0.6 is 0 Å². The zero-order valence-electron chi connectivity index (χ0n) is 15.4. The number of imidazole rings is 1. The topological polar surface area (TPSA) is 79.2 Å². The molecule has 6 nitrogen and oxygen atoms in total. The van der Waals surface area contributed by atoms with Crippen molar-refractivity contribution in [1.29, 1.82) is 0 Å². The zero-order valence-corrected chi connectivity index (χ0v) is 15.4. The second-order valence-electron chi connectivity index (χ2n) is 7.63. The van der Waals surface area contributed by atoms with Crippen LogP contribution in [0.15, 0.2) is 12.4 Å². The Morgan fingerprint density at radius 2 is 2.08 bits per heavy atom. The van der Waals surface area contributed by atoms with Crippen molar-refractivity contribution in [3.63, 3.8) is 0 Å². The van der Waals surface area contributed by atoms with Crippen molar-refractivity contribution in [2.75, 3.05) is 6.61 Å². The van der Waals surface area contributed by atoms with Crippen LogP contribution in [0.5, 0.6) is 0 Å². The highest BCUT2D eigenvalue weighted by Gasteiger charge is 2.36. The van der Waals surface area contributed by atoms with Crippen molar-refractivity contribution in [2.45, 2.75) is 64.5 Å². The van der Waals surface area contributed by atoms with Gasteiger partial charge >= 0.3 is 6.03 Å². The number of carbonyl (C=O) groups is 1. The van der Waals surface area contributed by atoms with E-state index in [-0.39, 0.29) is 24.6 Å². The van der Waals surface area contributed by atoms with Gasteiger partial charge in [0.25, 0.3) is 0 Å². The fourth-order valence-electron chi connectivity index (χ4n) is 3.65. The average Bonchev–Trinajstić information content (AvgIpc) is 2.98. The van der Waals surface area contributed by atoms with E-state index in [0.29, 0.717) is 5.92 Å². The summed E-state index contributed by atoms with van der Waals surface area (Å²) in [5, 5.41) is 16.0. The van der Waals surface area contributed by atoms with Crippen LogP contribution < -0.4 is 10.6 Å². The van der Waals surface area contributed by atoms with E-state index in [0.717, 1.165) is 18.7 Å². The number of urea groups is 1. The minimum atomic E-state index is -0.576. The van der Waals surface area contributed by atoms with Crippen LogP contribution in [0.3, 0.4) is 0 Å². The minimum absolute atomic E-state index is 0.0418. The van der Waals surface area contributed by atoms with Gasteiger partial charge in [-0.25, -0.2) is 9.78 Å². The smallest absolute Gasteiger partial charge is 0.315 e. The maximum atomic E-state index is 12.6. The molecule has 0 radical (unpaired) electrons. The Bertz CT molecular complexity index is 537. The Morgan fingerprint density at radius 3 is 2.58 bits per heavy atom. The van der Waals surface area contributed by atoms with Crippen LogP contribution in [0, 0.1) is 11.8 Å². The molecule has 0 unspecified atom stereocenters. The van der Waals surface area contributed by atoms with Crippen LogP contribution in [-0.2, 0) is 7.05 Å². The standard InChI is InChI=1S/C18H32N4O2/c1-13(2)15(16-19-10-11-22(16)4)20-17(24)21-18(3,12-23)14-8-6-5-7-9-14/h10-11,13-15,23H,5-9,12H2,1-4H3,(H2,20,21,24)/t15-,18-/m0/s1. The van der Waals surface area contributed by atoms with Gasteiger partial charge in [-0.05, 0) is 31.6 Å². The lowest BCUT2D eigenvalue weighted by Crippen LogP contribution is -2.58. The molecule has 1 aliphatic rings. The molecule has 1 saturated carbocycles. The van der Waals surface area contributed by atoms with E-state index in [1.54, 1.807) is 6.20 Å². The first-order valence-corrected chi connectivity index (χ1v) is 9.04.